The summed E-state index contributed by atoms with van der Waals surface area (Å²) >= 11 is 0. The quantitative estimate of drug-likeness (QED) is 0.552. The van der Waals surface area contributed by atoms with E-state index in [2.05, 4.69) is 5.32 Å². The first-order valence-corrected chi connectivity index (χ1v) is 10.8. The molecule has 0 atom stereocenters. The van der Waals surface area contributed by atoms with Gasteiger partial charge in [-0.3, -0.25) is 4.79 Å². The van der Waals surface area contributed by atoms with Crippen LogP contribution in [0.15, 0.2) is 23.8 Å². The Morgan fingerprint density at radius 3 is 2.38 bits per heavy atom. The van der Waals surface area contributed by atoms with Crippen molar-refractivity contribution in [3.05, 3.63) is 29.3 Å². The summed E-state index contributed by atoms with van der Waals surface area (Å²) in [6.07, 6.45) is 9.78. The van der Waals surface area contributed by atoms with Crippen molar-refractivity contribution in [2.75, 3.05) is 20.3 Å². The number of benzene rings is 1. The van der Waals surface area contributed by atoms with Crippen molar-refractivity contribution in [3.8, 4) is 17.6 Å². The maximum absolute atomic E-state index is 11.8. The Morgan fingerprint density at radius 1 is 1.17 bits per heavy atom. The van der Waals surface area contributed by atoms with Crippen LogP contribution in [0.1, 0.15) is 51.0 Å². The van der Waals surface area contributed by atoms with Crippen molar-refractivity contribution in [3.63, 3.8) is 0 Å². The van der Waals surface area contributed by atoms with E-state index in [9.17, 15) is 10.1 Å². The molecule has 4 fully saturated rings. The summed E-state index contributed by atoms with van der Waals surface area (Å²) in [5, 5.41) is 11.7. The van der Waals surface area contributed by atoms with Gasteiger partial charge in [0.05, 0.1) is 13.2 Å². The van der Waals surface area contributed by atoms with Gasteiger partial charge in [0, 0.05) is 12.5 Å². The summed E-state index contributed by atoms with van der Waals surface area (Å²) in [6.45, 7) is 3.23. The van der Waals surface area contributed by atoms with Gasteiger partial charge in [0.1, 0.15) is 11.6 Å². The summed E-state index contributed by atoms with van der Waals surface area (Å²) in [7, 11) is 1.51. The van der Waals surface area contributed by atoms with Crippen molar-refractivity contribution < 1.29 is 14.3 Å². The summed E-state index contributed by atoms with van der Waals surface area (Å²) in [5.41, 5.74) is 1.15. The van der Waals surface area contributed by atoms with Crippen LogP contribution in [-0.2, 0) is 4.79 Å². The molecule has 5 rings (SSSR count). The Hall–Kier alpha value is -2.48. The maximum Gasteiger partial charge on any atom is 0.261 e. The summed E-state index contributed by atoms with van der Waals surface area (Å²) in [6, 6.07) is 7.56. The fourth-order valence-corrected chi connectivity index (χ4v) is 6.15. The molecule has 0 aliphatic heterocycles. The molecule has 5 nitrogen and oxygen atoms in total. The van der Waals surface area contributed by atoms with Crippen molar-refractivity contribution in [2.24, 2.45) is 23.2 Å². The summed E-state index contributed by atoms with van der Waals surface area (Å²) < 4.78 is 12.2. The molecule has 0 unspecified atom stereocenters. The van der Waals surface area contributed by atoms with Gasteiger partial charge in [-0.2, -0.15) is 5.26 Å². The van der Waals surface area contributed by atoms with Crippen molar-refractivity contribution in [1.29, 1.82) is 5.26 Å². The Balaban J connectivity index is 1.51. The van der Waals surface area contributed by atoms with Crippen LogP contribution in [0.25, 0.3) is 6.08 Å². The third-order valence-electron chi connectivity index (χ3n) is 6.87. The molecule has 1 N–H and O–H groups in total. The first-order chi connectivity index (χ1) is 14.0. The first-order valence-electron chi connectivity index (χ1n) is 10.8. The van der Waals surface area contributed by atoms with E-state index in [1.54, 1.807) is 6.08 Å². The second kappa shape index (κ2) is 8.10. The van der Waals surface area contributed by atoms with Crippen LogP contribution >= 0.6 is 0 Å². The van der Waals surface area contributed by atoms with E-state index in [1.807, 2.05) is 31.2 Å². The number of likely N-dealkylation sites (N-methyl/N-ethyl adjacent to an activating group) is 1. The van der Waals surface area contributed by atoms with Crippen LogP contribution in [0.5, 0.6) is 11.5 Å². The predicted octanol–water partition coefficient (Wildman–Crippen LogP) is 4.33. The molecule has 0 aromatic heterocycles. The highest BCUT2D eigenvalue weighted by Crippen LogP contribution is 2.60. The molecular formula is C24H30N2O3. The standard InChI is InChI=1S/C24H30N2O3/c1-3-28-22-10-16(9-20(14-25)23(27)26-2)4-5-21(22)29-15-24-11-17-6-18(12-24)8-19(7-17)13-24/h4-5,9-10,17-19H,3,6-8,11-13,15H2,1-2H3,(H,26,27)/b20-9+. The third kappa shape index (κ3) is 4.12. The lowest BCUT2D eigenvalue weighted by atomic mass is 9.50. The number of nitrogens with one attached hydrogen (secondary N) is 1. The minimum absolute atomic E-state index is 0.0668. The van der Waals surface area contributed by atoms with Gasteiger partial charge in [-0.1, -0.05) is 6.07 Å². The SMILES string of the molecule is CCOc1cc(/C=C(\C#N)C(=O)NC)ccc1OCC12CC3CC(CC(C3)C1)C2. The molecule has 4 aliphatic rings. The Morgan fingerprint density at radius 2 is 1.83 bits per heavy atom. The van der Waals surface area contributed by atoms with Gasteiger partial charge in [0.25, 0.3) is 5.91 Å². The number of nitriles is 1. The molecule has 0 radical (unpaired) electrons. The second-order valence-corrected chi connectivity index (χ2v) is 9.09. The molecule has 0 spiro atoms. The Bertz CT molecular complexity index is 817. The molecule has 0 heterocycles. The van der Waals surface area contributed by atoms with E-state index >= 15 is 0 Å². The number of carbonyl (C=O) groups is 1. The molecular weight excluding hydrogens is 364 g/mol. The van der Waals surface area contributed by atoms with Gasteiger partial charge in [-0.25, -0.2) is 0 Å². The van der Waals surface area contributed by atoms with E-state index in [-0.39, 0.29) is 5.57 Å². The van der Waals surface area contributed by atoms with Crippen molar-refractivity contribution in [1.82, 2.24) is 5.32 Å². The van der Waals surface area contributed by atoms with Gasteiger partial charge in [-0.05, 0) is 87.0 Å². The monoisotopic (exact) mass is 394 g/mol. The second-order valence-electron chi connectivity index (χ2n) is 9.09. The van der Waals surface area contributed by atoms with E-state index in [0.29, 0.717) is 17.8 Å². The van der Waals surface area contributed by atoms with Crippen molar-refractivity contribution in [2.45, 2.75) is 45.4 Å². The number of hydrogen-bond acceptors (Lipinski definition) is 4. The smallest absolute Gasteiger partial charge is 0.261 e. The zero-order chi connectivity index (χ0) is 20.4. The maximum atomic E-state index is 11.8. The first kappa shape index (κ1) is 19.8. The fraction of sp³-hybridized carbons (Fsp3) is 0.583. The highest BCUT2D eigenvalue weighted by Gasteiger charge is 2.51. The van der Waals surface area contributed by atoms with E-state index in [0.717, 1.165) is 35.7 Å². The largest absolute Gasteiger partial charge is 0.490 e. The number of ether oxygens (including phenoxy) is 2. The number of carbonyl (C=O) groups excluding carboxylic acids is 1. The van der Waals surface area contributed by atoms with E-state index in [4.69, 9.17) is 9.47 Å². The topological polar surface area (TPSA) is 71.3 Å². The average molecular weight is 395 g/mol. The minimum atomic E-state index is -0.396. The normalized spacial score (nSPS) is 30.0. The molecule has 29 heavy (non-hydrogen) atoms. The lowest BCUT2D eigenvalue weighted by Crippen LogP contribution is -2.48. The average Bonchev–Trinajstić information content (AvgIpc) is 2.70. The van der Waals surface area contributed by atoms with Gasteiger partial charge in [0.2, 0.25) is 0 Å². The molecule has 1 aromatic carbocycles. The number of rotatable bonds is 7. The summed E-state index contributed by atoms with van der Waals surface area (Å²) in [5.74, 6) is 3.72. The van der Waals surface area contributed by atoms with Gasteiger partial charge >= 0.3 is 0 Å². The van der Waals surface area contributed by atoms with Gasteiger partial charge in [-0.15, -0.1) is 0 Å². The molecule has 4 aliphatic carbocycles. The van der Waals surface area contributed by atoms with Gasteiger partial charge < -0.3 is 14.8 Å². The molecule has 4 bridgehead atoms. The number of hydrogen-bond donors (Lipinski definition) is 1. The minimum Gasteiger partial charge on any atom is -0.490 e. The molecule has 1 aromatic rings. The highest BCUT2D eigenvalue weighted by molar-refractivity contribution is 6.01. The molecule has 154 valence electrons. The highest BCUT2D eigenvalue weighted by atomic mass is 16.5. The van der Waals surface area contributed by atoms with E-state index in [1.165, 1.54) is 45.6 Å². The van der Waals surface area contributed by atoms with Crippen LogP contribution in [0.3, 0.4) is 0 Å². The van der Waals surface area contributed by atoms with E-state index < -0.39 is 5.91 Å². The lowest BCUT2D eigenvalue weighted by molar-refractivity contribution is -0.116. The van der Waals surface area contributed by atoms with Crippen LogP contribution in [0, 0.1) is 34.5 Å². The van der Waals surface area contributed by atoms with Crippen molar-refractivity contribution >= 4 is 12.0 Å². The molecule has 4 saturated carbocycles. The van der Waals surface area contributed by atoms with Crippen LogP contribution in [-0.4, -0.2) is 26.2 Å². The third-order valence-corrected chi connectivity index (χ3v) is 6.87. The number of amides is 1. The Kier molecular flexibility index (Phi) is 5.54. The lowest BCUT2D eigenvalue weighted by Gasteiger charge is -2.56. The van der Waals surface area contributed by atoms with Crippen LogP contribution in [0.4, 0.5) is 0 Å². The molecule has 1 amide bonds. The Labute approximate surface area is 173 Å². The molecule has 0 saturated heterocycles. The zero-order valence-corrected chi connectivity index (χ0v) is 17.4. The molecule has 5 heteroatoms. The number of nitrogens with zero attached hydrogens (tertiary/aromatic N) is 1. The van der Waals surface area contributed by atoms with Gasteiger partial charge in [0.15, 0.2) is 11.5 Å². The fourth-order valence-electron chi connectivity index (χ4n) is 6.15. The van der Waals surface area contributed by atoms with Crippen LogP contribution in [0.2, 0.25) is 0 Å². The van der Waals surface area contributed by atoms with Crippen LogP contribution < -0.4 is 14.8 Å². The predicted molar refractivity (Wildman–Crippen MR) is 111 cm³/mol. The zero-order valence-electron chi connectivity index (χ0n) is 17.4. The summed E-state index contributed by atoms with van der Waals surface area (Å²) in [4.78, 5) is 11.8.